The van der Waals surface area contributed by atoms with Crippen LogP contribution >= 0.6 is 11.3 Å². The van der Waals surface area contributed by atoms with E-state index < -0.39 is 0 Å². The van der Waals surface area contributed by atoms with Gasteiger partial charge in [-0.2, -0.15) is 0 Å². The summed E-state index contributed by atoms with van der Waals surface area (Å²) in [5.41, 5.74) is 1.45. The van der Waals surface area contributed by atoms with Gasteiger partial charge in [0.15, 0.2) is 5.78 Å². The van der Waals surface area contributed by atoms with Crippen molar-refractivity contribution in [1.29, 1.82) is 0 Å². The van der Waals surface area contributed by atoms with Crippen LogP contribution in [0.3, 0.4) is 0 Å². The molecule has 15 heavy (non-hydrogen) atoms. The van der Waals surface area contributed by atoms with Crippen molar-refractivity contribution < 1.29 is 4.79 Å². The Morgan fingerprint density at radius 1 is 1.40 bits per heavy atom. The summed E-state index contributed by atoms with van der Waals surface area (Å²) in [5, 5.41) is 0. The minimum Gasteiger partial charge on any atom is -0.289 e. The van der Waals surface area contributed by atoms with Crippen molar-refractivity contribution >= 4 is 17.1 Å². The van der Waals surface area contributed by atoms with E-state index in [-0.39, 0.29) is 5.78 Å². The summed E-state index contributed by atoms with van der Waals surface area (Å²) in [7, 11) is 0. The molecule has 0 saturated heterocycles. The zero-order chi connectivity index (χ0) is 10.8. The molecule has 0 atom stereocenters. The van der Waals surface area contributed by atoms with Crippen LogP contribution in [-0.2, 0) is 0 Å². The normalized spacial score (nSPS) is 10.3. The number of hydrogen-bond donors (Lipinski definition) is 0. The monoisotopic (exact) mass is 217 g/mol. The average Bonchev–Trinajstić information content (AvgIpc) is 2.58. The van der Waals surface area contributed by atoms with Crippen LogP contribution in [-0.4, -0.2) is 10.8 Å². The quantitative estimate of drug-likeness (QED) is 0.724. The SMILES string of the molecule is Cc1cc(C(=O)c2cccnc2)c(C)s1. The molecule has 2 aromatic heterocycles. The van der Waals surface area contributed by atoms with Crippen molar-refractivity contribution in [3.63, 3.8) is 0 Å². The number of thiophene rings is 1. The Balaban J connectivity index is 2.41. The smallest absolute Gasteiger partial charge is 0.195 e. The second-order valence-electron chi connectivity index (χ2n) is 3.40. The number of nitrogens with zero attached hydrogens (tertiary/aromatic N) is 1. The van der Waals surface area contributed by atoms with E-state index >= 15 is 0 Å². The van der Waals surface area contributed by atoms with Gasteiger partial charge >= 0.3 is 0 Å². The first-order valence-electron chi connectivity index (χ1n) is 4.70. The summed E-state index contributed by atoms with van der Waals surface area (Å²) < 4.78 is 0. The zero-order valence-electron chi connectivity index (χ0n) is 8.65. The first-order chi connectivity index (χ1) is 7.18. The summed E-state index contributed by atoms with van der Waals surface area (Å²) in [6.45, 7) is 3.99. The van der Waals surface area contributed by atoms with Crippen molar-refractivity contribution in [2.75, 3.05) is 0 Å². The molecule has 0 fully saturated rings. The molecule has 0 bridgehead atoms. The van der Waals surface area contributed by atoms with Gasteiger partial charge in [-0.25, -0.2) is 0 Å². The van der Waals surface area contributed by atoms with Crippen LogP contribution in [0.5, 0.6) is 0 Å². The van der Waals surface area contributed by atoms with Gasteiger partial charge in [-0.3, -0.25) is 9.78 Å². The third-order valence-electron chi connectivity index (χ3n) is 2.21. The minimum atomic E-state index is 0.0601. The summed E-state index contributed by atoms with van der Waals surface area (Å²) >= 11 is 1.65. The van der Waals surface area contributed by atoms with Crippen LogP contribution in [0.2, 0.25) is 0 Å². The van der Waals surface area contributed by atoms with E-state index in [4.69, 9.17) is 0 Å². The Morgan fingerprint density at radius 2 is 2.20 bits per heavy atom. The maximum absolute atomic E-state index is 12.0. The molecule has 0 aliphatic rings. The lowest BCUT2D eigenvalue weighted by molar-refractivity contribution is 0.103. The van der Waals surface area contributed by atoms with Gasteiger partial charge in [0.25, 0.3) is 0 Å². The third kappa shape index (κ3) is 1.97. The maximum Gasteiger partial charge on any atom is 0.195 e. The van der Waals surface area contributed by atoms with E-state index in [1.807, 2.05) is 19.9 Å². The highest BCUT2D eigenvalue weighted by molar-refractivity contribution is 7.12. The molecule has 0 saturated carbocycles. The van der Waals surface area contributed by atoms with E-state index in [1.165, 1.54) is 4.88 Å². The van der Waals surface area contributed by atoms with Gasteiger partial charge in [0.1, 0.15) is 0 Å². The van der Waals surface area contributed by atoms with Crippen LogP contribution in [0.4, 0.5) is 0 Å². The van der Waals surface area contributed by atoms with Crippen molar-refractivity contribution in [2.45, 2.75) is 13.8 Å². The third-order valence-corrected chi connectivity index (χ3v) is 3.18. The van der Waals surface area contributed by atoms with E-state index in [0.717, 1.165) is 10.4 Å². The van der Waals surface area contributed by atoms with Crippen LogP contribution in [0.1, 0.15) is 25.7 Å². The Kier molecular flexibility index (Phi) is 2.64. The molecule has 0 aromatic carbocycles. The van der Waals surface area contributed by atoms with Gasteiger partial charge in [0.05, 0.1) is 0 Å². The fraction of sp³-hybridized carbons (Fsp3) is 0.167. The molecule has 2 heterocycles. The van der Waals surface area contributed by atoms with Gasteiger partial charge in [-0.1, -0.05) is 0 Å². The lowest BCUT2D eigenvalue weighted by atomic mass is 10.1. The molecule has 0 amide bonds. The number of aryl methyl sites for hydroxylation is 2. The van der Waals surface area contributed by atoms with Crippen LogP contribution in [0, 0.1) is 13.8 Å². The van der Waals surface area contributed by atoms with E-state index in [9.17, 15) is 4.79 Å². The highest BCUT2D eigenvalue weighted by atomic mass is 32.1. The number of pyridine rings is 1. The molecule has 0 aliphatic heterocycles. The molecule has 0 spiro atoms. The Bertz CT molecular complexity index is 488. The molecule has 0 radical (unpaired) electrons. The number of ketones is 1. The highest BCUT2D eigenvalue weighted by Crippen LogP contribution is 2.22. The van der Waals surface area contributed by atoms with E-state index in [1.54, 1.807) is 35.9 Å². The summed E-state index contributed by atoms with van der Waals surface area (Å²) in [6.07, 6.45) is 3.28. The Morgan fingerprint density at radius 3 is 2.73 bits per heavy atom. The second kappa shape index (κ2) is 3.95. The first-order valence-corrected chi connectivity index (χ1v) is 5.52. The van der Waals surface area contributed by atoms with Gasteiger partial charge in [0.2, 0.25) is 0 Å². The summed E-state index contributed by atoms with van der Waals surface area (Å²) in [6, 6.07) is 5.51. The van der Waals surface area contributed by atoms with E-state index in [2.05, 4.69) is 4.98 Å². The highest BCUT2D eigenvalue weighted by Gasteiger charge is 2.13. The summed E-state index contributed by atoms with van der Waals surface area (Å²) in [4.78, 5) is 18.2. The molecule has 0 N–H and O–H groups in total. The number of carbonyl (C=O) groups is 1. The van der Waals surface area contributed by atoms with Crippen molar-refractivity contribution in [2.24, 2.45) is 0 Å². The molecular formula is C12H11NOS. The Labute approximate surface area is 92.6 Å². The molecule has 3 heteroatoms. The average molecular weight is 217 g/mol. The number of carbonyl (C=O) groups excluding carboxylic acids is 1. The predicted octanol–water partition coefficient (Wildman–Crippen LogP) is 2.99. The molecule has 0 aliphatic carbocycles. The Hall–Kier alpha value is -1.48. The van der Waals surface area contributed by atoms with Gasteiger partial charge < -0.3 is 0 Å². The molecule has 2 rings (SSSR count). The van der Waals surface area contributed by atoms with Gasteiger partial charge in [-0.15, -0.1) is 11.3 Å². The van der Waals surface area contributed by atoms with Gasteiger partial charge in [-0.05, 0) is 32.0 Å². The van der Waals surface area contributed by atoms with Gasteiger partial charge in [0, 0.05) is 33.3 Å². The van der Waals surface area contributed by atoms with Crippen LogP contribution in [0.25, 0.3) is 0 Å². The van der Waals surface area contributed by atoms with Crippen LogP contribution in [0.15, 0.2) is 30.6 Å². The van der Waals surface area contributed by atoms with E-state index in [0.29, 0.717) is 5.56 Å². The maximum atomic E-state index is 12.0. The molecular weight excluding hydrogens is 206 g/mol. The standard InChI is InChI=1S/C12H11NOS/c1-8-6-11(9(2)15-8)12(14)10-4-3-5-13-7-10/h3-7H,1-2H3. The second-order valence-corrected chi connectivity index (χ2v) is 4.86. The number of rotatable bonds is 2. The lowest BCUT2D eigenvalue weighted by Gasteiger charge is -1.98. The molecule has 76 valence electrons. The molecule has 2 nitrogen and oxygen atoms in total. The first kappa shape index (κ1) is 10.1. The number of hydrogen-bond acceptors (Lipinski definition) is 3. The fourth-order valence-corrected chi connectivity index (χ4v) is 2.43. The summed E-state index contributed by atoms with van der Waals surface area (Å²) in [5.74, 6) is 0.0601. The zero-order valence-corrected chi connectivity index (χ0v) is 9.47. The fourth-order valence-electron chi connectivity index (χ4n) is 1.51. The van der Waals surface area contributed by atoms with Crippen molar-refractivity contribution in [1.82, 2.24) is 4.98 Å². The van der Waals surface area contributed by atoms with Crippen LogP contribution < -0.4 is 0 Å². The van der Waals surface area contributed by atoms with Crippen molar-refractivity contribution in [3.05, 3.63) is 51.5 Å². The minimum absolute atomic E-state index is 0.0601. The number of aromatic nitrogens is 1. The molecule has 0 unspecified atom stereocenters. The molecule has 2 aromatic rings. The van der Waals surface area contributed by atoms with Crippen molar-refractivity contribution in [3.8, 4) is 0 Å². The lowest BCUT2D eigenvalue weighted by Crippen LogP contribution is -2.01. The predicted molar refractivity (Wildman–Crippen MR) is 61.5 cm³/mol. The largest absolute Gasteiger partial charge is 0.289 e. The topological polar surface area (TPSA) is 30.0 Å².